The van der Waals surface area contributed by atoms with Gasteiger partial charge in [0, 0.05) is 0 Å². The number of hydrogen-bond donors (Lipinski definition) is 0. The Morgan fingerprint density at radius 1 is 1.23 bits per heavy atom. The fraction of sp³-hybridized carbons (Fsp3) is 0.636. The van der Waals surface area contributed by atoms with Crippen LogP contribution in [0.5, 0.6) is 0 Å². The second-order valence-electron chi connectivity index (χ2n) is 9.58. The van der Waals surface area contributed by atoms with E-state index >= 15 is 0 Å². The van der Waals surface area contributed by atoms with Crippen molar-refractivity contribution in [3.8, 4) is 0 Å². The van der Waals surface area contributed by atoms with Crippen LogP contribution in [0.25, 0.3) is 0 Å². The number of amides is 2. The van der Waals surface area contributed by atoms with Gasteiger partial charge in [-0.3, -0.25) is 0 Å². The summed E-state index contributed by atoms with van der Waals surface area (Å²) in [7, 11) is 0. The molecule has 0 saturated carbocycles. The van der Waals surface area contributed by atoms with E-state index in [0.29, 0.717) is 13.0 Å². The summed E-state index contributed by atoms with van der Waals surface area (Å²) in [6.07, 6.45) is -0.186. The van der Waals surface area contributed by atoms with Crippen molar-refractivity contribution in [2.75, 3.05) is 6.54 Å². The van der Waals surface area contributed by atoms with Crippen LogP contribution in [0.1, 0.15) is 46.6 Å². The molecule has 1 aromatic rings. The Bertz CT molecular complexity index is 786. The molecule has 0 bridgehead atoms. The normalized spacial score (nSPS) is 24.9. The van der Waals surface area contributed by atoms with Crippen LogP contribution in [0.15, 0.2) is 30.3 Å². The van der Waals surface area contributed by atoms with Gasteiger partial charge in [-0.15, -0.1) is 0 Å². The summed E-state index contributed by atoms with van der Waals surface area (Å²) in [4.78, 5) is 29.5. The monoisotopic (exact) mass is 684 g/mol. The summed E-state index contributed by atoms with van der Waals surface area (Å²) in [6, 6.07) is 9.45. The number of rotatable bonds is 4. The fourth-order valence-corrected chi connectivity index (χ4v) is 12.1. The third-order valence-electron chi connectivity index (χ3n) is 5.58. The molecule has 0 N–H and O–H groups in total. The van der Waals surface area contributed by atoms with Crippen LogP contribution in [0.3, 0.4) is 0 Å². The molecule has 0 spiro atoms. The van der Waals surface area contributed by atoms with Gasteiger partial charge in [0.05, 0.1) is 0 Å². The quantitative estimate of drug-likeness (QED) is 0.421. The van der Waals surface area contributed by atoms with Crippen molar-refractivity contribution in [2.45, 2.75) is 81.1 Å². The molecule has 31 heavy (non-hydrogen) atoms. The molecule has 0 unspecified atom stereocenters. The van der Waals surface area contributed by atoms with Crippen LogP contribution in [-0.4, -0.2) is 58.0 Å². The molecule has 3 rings (SSSR count). The van der Waals surface area contributed by atoms with Crippen molar-refractivity contribution in [1.29, 1.82) is 0 Å². The molecule has 2 aliphatic heterocycles. The maximum atomic E-state index is 13.0. The first kappa shape index (κ1) is 24.8. The summed E-state index contributed by atoms with van der Waals surface area (Å²) in [5.74, 6) is 0. The summed E-state index contributed by atoms with van der Waals surface area (Å²) in [5.41, 5.74) is -0.463. The zero-order chi connectivity index (χ0) is 22.8. The molecule has 2 amide bonds. The topological polar surface area (TPSA) is 68.3 Å². The Morgan fingerprint density at radius 2 is 1.90 bits per heavy atom. The van der Waals surface area contributed by atoms with Crippen LogP contribution < -0.4 is 0 Å². The zero-order valence-electron chi connectivity index (χ0n) is 19.0. The molecule has 2 fully saturated rings. The fourth-order valence-electron chi connectivity index (χ4n) is 4.31. The first-order valence-corrected chi connectivity index (χ1v) is 26.6. The van der Waals surface area contributed by atoms with Gasteiger partial charge in [-0.1, -0.05) is 0 Å². The summed E-state index contributed by atoms with van der Waals surface area (Å²) < 4.78 is 18.6. The minimum atomic E-state index is -1.20. The van der Waals surface area contributed by atoms with Crippen molar-refractivity contribution in [2.24, 2.45) is 0 Å². The number of nitrogens with zero attached hydrogens (tertiary/aromatic N) is 2. The molecule has 3 atom stereocenters. The Morgan fingerprint density at radius 3 is 2.52 bits per heavy atom. The van der Waals surface area contributed by atoms with Crippen LogP contribution in [0.4, 0.5) is 9.59 Å². The van der Waals surface area contributed by atoms with Gasteiger partial charge in [0.2, 0.25) is 0 Å². The van der Waals surface area contributed by atoms with E-state index < -0.39 is 39.6 Å². The van der Waals surface area contributed by atoms with Crippen LogP contribution in [0, 0.1) is 0 Å². The number of carbonyl (C=O) groups excluding carboxylic acids is 2. The molecule has 0 radical (unpaired) electrons. The van der Waals surface area contributed by atoms with Gasteiger partial charge in [0.1, 0.15) is 0 Å². The molecule has 7 nitrogen and oxygen atoms in total. The second kappa shape index (κ2) is 9.95. The van der Waals surface area contributed by atoms with Gasteiger partial charge >= 0.3 is 203 Å². The molecule has 9 heteroatoms. The Kier molecular flexibility index (Phi) is 7.95. The van der Waals surface area contributed by atoms with Gasteiger partial charge in [-0.05, 0) is 0 Å². The van der Waals surface area contributed by atoms with Crippen LogP contribution in [0.2, 0.25) is 3.93 Å². The van der Waals surface area contributed by atoms with Crippen molar-refractivity contribution in [3.05, 3.63) is 35.9 Å². The van der Waals surface area contributed by atoms with E-state index in [1.165, 1.54) is 0 Å². The SMILES string of the molecule is CC(C)(C)OC(=O)N1[C@H]2CN(C(=O)OCc3ccccc3)[C@H]([CH2][Hg][Br])C[C@H]2OC1(C)C. The third-order valence-corrected chi connectivity index (χ3v) is 13.0. The van der Waals surface area contributed by atoms with E-state index in [4.69, 9.17) is 14.2 Å². The average molecular weight is 684 g/mol. The third kappa shape index (κ3) is 6.13. The predicted octanol–water partition coefficient (Wildman–Crippen LogP) is 4.95. The van der Waals surface area contributed by atoms with Gasteiger partial charge < -0.3 is 0 Å². The Hall–Kier alpha value is -0.865. The summed E-state index contributed by atoms with van der Waals surface area (Å²) in [6.45, 7) is 9.92. The molecule has 2 saturated heterocycles. The van der Waals surface area contributed by atoms with Crippen molar-refractivity contribution in [1.82, 2.24) is 9.80 Å². The number of fused-ring (bicyclic) bond motifs is 1. The number of ether oxygens (including phenoxy) is 3. The van der Waals surface area contributed by atoms with Crippen molar-refractivity contribution >= 4 is 24.1 Å². The first-order valence-electron chi connectivity index (χ1n) is 10.8. The molecular formula is C22H31BrHgN2O5. The van der Waals surface area contributed by atoms with Crippen LogP contribution >= 0.6 is 11.9 Å². The average Bonchev–Trinajstić information content (AvgIpc) is 2.94. The molecule has 168 valence electrons. The Balaban J connectivity index is 1.77. The van der Waals surface area contributed by atoms with E-state index in [1.54, 1.807) is 9.80 Å². The maximum absolute atomic E-state index is 13.0. The van der Waals surface area contributed by atoms with E-state index in [0.717, 1.165) is 9.49 Å². The minimum absolute atomic E-state index is 0.0694. The molecule has 2 heterocycles. The number of hydrogen-bond acceptors (Lipinski definition) is 5. The molecule has 1 aromatic carbocycles. The van der Waals surface area contributed by atoms with E-state index in [9.17, 15) is 9.59 Å². The van der Waals surface area contributed by atoms with E-state index in [-0.39, 0.29) is 30.9 Å². The number of benzene rings is 1. The molecule has 2 aliphatic rings. The van der Waals surface area contributed by atoms with Gasteiger partial charge in [0.15, 0.2) is 0 Å². The van der Waals surface area contributed by atoms with E-state index in [2.05, 4.69) is 11.9 Å². The number of likely N-dealkylation sites (tertiary alicyclic amines) is 1. The summed E-state index contributed by atoms with van der Waals surface area (Å²) >= 11 is 2.52. The van der Waals surface area contributed by atoms with Crippen LogP contribution in [-0.2, 0) is 43.0 Å². The van der Waals surface area contributed by atoms with Gasteiger partial charge in [-0.2, -0.15) is 0 Å². The number of piperidine rings is 1. The Labute approximate surface area is 202 Å². The number of halogens is 1. The van der Waals surface area contributed by atoms with Crippen molar-refractivity contribution in [3.63, 3.8) is 0 Å². The van der Waals surface area contributed by atoms with Crippen molar-refractivity contribution < 1.29 is 45.9 Å². The first-order chi connectivity index (χ1) is 14.5. The van der Waals surface area contributed by atoms with Gasteiger partial charge in [0.25, 0.3) is 0 Å². The van der Waals surface area contributed by atoms with Gasteiger partial charge in [-0.25, -0.2) is 0 Å². The number of carbonyl (C=O) groups is 2. The molecule has 0 aliphatic carbocycles. The summed E-state index contributed by atoms with van der Waals surface area (Å²) in [5, 5.41) is 0. The van der Waals surface area contributed by atoms with E-state index in [1.807, 2.05) is 65.0 Å². The predicted molar refractivity (Wildman–Crippen MR) is 116 cm³/mol. The standard InChI is InChI=1S/C22H31N2O5.BrH.Hg/c1-15-12-18-17(24(22(5,6)28-18)20(26)29-21(2,3)4)13-23(15)19(25)27-14-16-10-8-7-9-11-16;;/h7-11,15,17-18H,1,12-14H2,2-6H3;1H;/q;;+1/p-1/t15-,17+,18-;;/m1../s1. The zero-order valence-corrected chi connectivity index (χ0v) is 26.1. The molecule has 0 aromatic heterocycles. The molecular weight excluding hydrogens is 653 g/mol. The second-order valence-corrected chi connectivity index (χ2v) is 20.3.